The van der Waals surface area contributed by atoms with Gasteiger partial charge in [0.15, 0.2) is 0 Å². The highest BCUT2D eigenvalue weighted by Crippen LogP contribution is 2.21. The number of hydrogen-bond donors (Lipinski definition) is 0. The fourth-order valence-corrected chi connectivity index (χ4v) is 2.19. The van der Waals surface area contributed by atoms with Crippen LogP contribution in [-0.2, 0) is 11.3 Å². The highest BCUT2D eigenvalue weighted by atomic mass is 16.5. The molecule has 0 radical (unpaired) electrons. The fraction of sp³-hybridized carbons (Fsp3) is 0.429. The van der Waals surface area contributed by atoms with E-state index < -0.39 is 0 Å². The summed E-state index contributed by atoms with van der Waals surface area (Å²) in [5.41, 5.74) is 1.49. The van der Waals surface area contributed by atoms with Crippen LogP contribution >= 0.6 is 0 Å². The van der Waals surface area contributed by atoms with Crippen molar-refractivity contribution in [1.82, 2.24) is 4.90 Å². The van der Waals surface area contributed by atoms with Crippen LogP contribution in [0.2, 0.25) is 0 Å². The lowest BCUT2D eigenvalue weighted by molar-refractivity contribution is -0.133. The minimum absolute atomic E-state index is 0.204. The second kappa shape index (κ2) is 5.54. The van der Waals surface area contributed by atoms with Gasteiger partial charge in [0.25, 0.3) is 0 Å². The summed E-state index contributed by atoms with van der Waals surface area (Å²) in [5.74, 6) is 0.779. The molecule has 94 valence electrons. The minimum atomic E-state index is 0.204. The summed E-state index contributed by atoms with van der Waals surface area (Å²) in [6.45, 7) is 1.39. The summed E-state index contributed by atoms with van der Waals surface area (Å²) in [4.78, 5) is 13.6. The van der Waals surface area contributed by atoms with E-state index in [9.17, 15) is 4.79 Å². The van der Waals surface area contributed by atoms with Gasteiger partial charge in [-0.1, -0.05) is 6.07 Å². The van der Waals surface area contributed by atoms with Crippen molar-refractivity contribution in [3.63, 3.8) is 0 Å². The number of carbonyl (C=O) groups excluding carboxylic acids is 1. The van der Waals surface area contributed by atoms with Gasteiger partial charge < -0.3 is 9.64 Å². The third-order valence-electron chi connectivity index (χ3n) is 3.18. The van der Waals surface area contributed by atoms with Crippen LogP contribution in [0.1, 0.15) is 30.4 Å². The van der Waals surface area contributed by atoms with Crippen LogP contribution < -0.4 is 4.74 Å². The number of methoxy groups -OCH3 is 1. The predicted octanol–water partition coefficient (Wildman–Crippen LogP) is 2.08. The molecule has 18 heavy (non-hydrogen) atoms. The molecular formula is C14H16N2O2. The summed E-state index contributed by atoms with van der Waals surface area (Å²) < 4.78 is 5.10. The standard InChI is InChI=1S/C14H16N2O2/c1-18-13-6-5-11(8-12(13)9-15)10-16-7-3-2-4-14(16)17/h5-6,8H,2-4,7,10H2,1H3. The van der Waals surface area contributed by atoms with Gasteiger partial charge in [0.1, 0.15) is 11.8 Å². The SMILES string of the molecule is COc1ccc(CN2CCCCC2=O)cc1C#N. The second-order valence-corrected chi connectivity index (χ2v) is 4.42. The van der Waals surface area contributed by atoms with E-state index in [-0.39, 0.29) is 5.91 Å². The van der Waals surface area contributed by atoms with Crippen LogP contribution in [0, 0.1) is 11.3 Å². The minimum Gasteiger partial charge on any atom is -0.495 e. The van der Waals surface area contributed by atoms with Crippen molar-refractivity contribution in [3.05, 3.63) is 29.3 Å². The topological polar surface area (TPSA) is 53.3 Å². The van der Waals surface area contributed by atoms with Crippen molar-refractivity contribution in [2.24, 2.45) is 0 Å². The summed E-state index contributed by atoms with van der Waals surface area (Å²) >= 11 is 0. The largest absolute Gasteiger partial charge is 0.495 e. The molecule has 1 saturated heterocycles. The molecule has 0 unspecified atom stereocenters. The third kappa shape index (κ3) is 2.62. The number of amides is 1. The van der Waals surface area contributed by atoms with Crippen LogP contribution in [0.3, 0.4) is 0 Å². The van der Waals surface area contributed by atoms with Gasteiger partial charge >= 0.3 is 0 Å². The molecule has 1 heterocycles. The molecule has 4 heteroatoms. The molecule has 0 aromatic heterocycles. The Morgan fingerprint density at radius 1 is 1.44 bits per heavy atom. The number of likely N-dealkylation sites (tertiary alicyclic amines) is 1. The van der Waals surface area contributed by atoms with E-state index in [1.165, 1.54) is 0 Å². The summed E-state index contributed by atoms with van der Waals surface area (Å²) in [5, 5.41) is 9.02. The van der Waals surface area contributed by atoms with Crippen molar-refractivity contribution in [2.75, 3.05) is 13.7 Å². The zero-order valence-electron chi connectivity index (χ0n) is 10.5. The number of nitrogens with zero attached hydrogens (tertiary/aromatic N) is 2. The number of benzene rings is 1. The van der Waals surface area contributed by atoms with Gasteiger partial charge in [-0.3, -0.25) is 4.79 Å². The third-order valence-corrected chi connectivity index (χ3v) is 3.18. The average Bonchev–Trinajstić information content (AvgIpc) is 2.41. The van der Waals surface area contributed by atoms with Gasteiger partial charge in [0, 0.05) is 19.5 Å². The maximum atomic E-state index is 11.7. The van der Waals surface area contributed by atoms with Crippen LogP contribution in [0.15, 0.2) is 18.2 Å². The number of hydrogen-bond acceptors (Lipinski definition) is 3. The van der Waals surface area contributed by atoms with Gasteiger partial charge in [-0.05, 0) is 30.5 Å². The van der Waals surface area contributed by atoms with Crippen LogP contribution in [0.5, 0.6) is 5.75 Å². The number of rotatable bonds is 3. The van der Waals surface area contributed by atoms with Crippen molar-refractivity contribution < 1.29 is 9.53 Å². The van der Waals surface area contributed by atoms with E-state index in [4.69, 9.17) is 10.00 Å². The van der Waals surface area contributed by atoms with E-state index in [1.807, 2.05) is 11.0 Å². The van der Waals surface area contributed by atoms with E-state index in [1.54, 1.807) is 19.2 Å². The Balaban J connectivity index is 2.14. The Morgan fingerprint density at radius 3 is 2.94 bits per heavy atom. The van der Waals surface area contributed by atoms with Crippen LogP contribution in [0.4, 0.5) is 0 Å². The number of carbonyl (C=O) groups is 1. The summed E-state index contributed by atoms with van der Waals surface area (Å²) in [6.07, 6.45) is 2.69. The average molecular weight is 244 g/mol. The lowest BCUT2D eigenvalue weighted by Crippen LogP contribution is -2.34. The smallest absolute Gasteiger partial charge is 0.222 e. The Kier molecular flexibility index (Phi) is 3.83. The maximum absolute atomic E-state index is 11.7. The van der Waals surface area contributed by atoms with E-state index in [0.717, 1.165) is 24.9 Å². The van der Waals surface area contributed by atoms with Crippen LogP contribution in [-0.4, -0.2) is 24.5 Å². The molecule has 1 amide bonds. The Labute approximate surface area is 107 Å². The molecule has 4 nitrogen and oxygen atoms in total. The molecule has 0 N–H and O–H groups in total. The Bertz CT molecular complexity index is 491. The first-order valence-corrected chi connectivity index (χ1v) is 6.09. The summed E-state index contributed by atoms with van der Waals surface area (Å²) in [7, 11) is 1.55. The van der Waals surface area contributed by atoms with Gasteiger partial charge in [-0.25, -0.2) is 0 Å². The molecular weight excluding hydrogens is 228 g/mol. The van der Waals surface area contributed by atoms with Crippen molar-refractivity contribution >= 4 is 5.91 Å². The lowest BCUT2D eigenvalue weighted by atomic mass is 10.1. The first kappa shape index (κ1) is 12.4. The Hall–Kier alpha value is -2.02. The Morgan fingerprint density at radius 2 is 2.28 bits per heavy atom. The maximum Gasteiger partial charge on any atom is 0.222 e. The number of nitriles is 1. The van der Waals surface area contributed by atoms with E-state index in [0.29, 0.717) is 24.3 Å². The molecule has 1 aliphatic heterocycles. The van der Waals surface area contributed by atoms with E-state index >= 15 is 0 Å². The number of ether oxygens (including phenoxy) is 1. The zero-order valence-corrected chi connectivity index (χ0v) is 10.5. The van der Waals surface area contributed by atoms with Crippen molar-refractivity contribution in [2.45, 2.75) is 25.8 Å². The van der Waals surface area contributed by atoms with Gasteiger partial charge in [0.2, 0.25) is 5.91 Å². The monoisotopic (exact) mass is 244 g/mol. The molecule has 0 aliphatic carbocycles. The lowest BCUT2D eigenvalue weighted by Gasteiger charge is -2.26. The molecule has 0 spiro atoms. The predicted molar refractivity (Wildman–Crippen MR) is 67.0 cm³/mol. The van der Waals surface area contributed by atoms with Gasteiger partial charge in [-0.2, -0.15) is 5.26 Å². The fourth-order valence-electron chi connectivity index (χ4n) is 2.19. The second-order valence-electron chi connectivity index (χ2n) is 4.42. The zero-order chi connectivity index (χ0) is 13.0. The highest BCUT2D eigenvalue weighted by molar-refractivity contribution is 5.76. The number of piperidine rings is 1. The normalized spacial score (nSPS) is 15.3. The van der Waals surface area contributed by atoms with Crippen molar-refractivity contribution in [3.8, 4) is 11.8 Å². The van der Waals surface area contributed by atoms with Crippen molar-refractivity contribution in [1.29, 1.82) is 5.26 Å². The van der Waals surface area contributed by atoms with Gasteiger partial charge in [-0.15, -0.1) is 0 Å². The highest BCUT2D eigenvalue weighted by Gasteiger charge is 2.18. The van der Waals surface area contributed by atoms with E-state index in [2.05, 4.69) is 6.07 Å². The molecule has 0 atom stereocenters. The molecule has 1 aromatic rings. The first-order chi connectivity index (χ1) is 8.74. The first-order valence-electron chi connectivity index (χ1n) is 6.09. The molecule has 0 bridgehead atoms. The summed E-state index contributed by atoms with van der Waals surface area (Å²) in [6, 6.07) is 7.58. The van der Waals surface area contributed by atoms with Crippen LogP contribution in [0.25, 0.3) is 0 Å². The molecule has 1 aliphatic rings. The molecule has 1 fully saturated rings. The quantitative estimate of drug-likeness (QED) is 0.818. The molecule has 0 saturated carbocycles. The van der Waals surface area contributed by atoms with Gasteiger partial charge in [0.05, 0.1) is 12.7 Å². The molecule has 1 aromatic carbocycles. The molecule has 2 rings (SSSR count).